The van der Waals surface area contributed by atoms with Gasteiger partial charge < -0.3 is 9.88 Å². The van der Waals surface area contributed by atoms with Crippen molar-refractivity contribution in [3.63, 3.8) is 0 Å². The van der Waals surface area contributed by atoms with Gasteiger partial charge in [-0.25, -0.2) is 0 Å². The van der Waals surface area contributed by atoms with Crippen molar-refractivity contribution >= 4 is 16.7 Å². The Morgan fingerprint density at radius 2 is 1.82 bits per heavy atom. The summed E-state index contributed by atoms with van der Waals surface area (Å²) in [5.41, 5.74) is 1.82. The number of pyridine rings is 1. The molecule has 0 saturated carbocycles. The number of hydrogen-bond donors (Lipinski definition) is 1. The van der Waals surface area contributed by atoms with Gasteiger partial charge in [0.15, 0.2) is 0 Å². The smallest absolute Gasteiger partial charge is 0.256 e. The number of carbonyl (C=O) groups is 1. The zero-order valence-electron chi connectivity index (χ0n) is 16.1. The maximum absolute atomic E-state index is 12.9. The molecule has 1 amide bonds. The molecule has 1 aliphatic rings. The predicted molar refractivity (Wildman–Crippen MR) is 111 cm³/mol. The summed E-state index contributed by atoms with van der Waals surface area (Å²) in [6, 6.07) is 20.1. The van der Waals surface area contributed by atoms with Gasteiger partial charge >= 0.3 is 0 Å². The van der Waals surface area contributed by atoms with Gasteiger partial charge in [-0.05, 0) is 36.6 Å². The van der Waals surface area contributed by atoms with E-state index in [9.17, 15) is 9.59 Å². The van der Waals surface area contributed by atoms with Crippen LogP contribution in [0.4, 0.5) is 0 Å². The molecular formula is C23H25N3O2. The summed E-state index contributed by atoms with van der Waals surface area (Å²) >= 11 is 0. The average Bonchev–Trinajstić information content (AvgIpc) is 2.70. The van der Waals surface area contributed by atoms with Crippen LogP contribution in [0.2, 0.25) is 0 Å². The molecule has 1 aliphatic heterocycles. The van der Waals surface area contributed by atoms with Crippen molar-refractivity contribution in [1.82, 2.24) is 14.8 Å². The first-order chi connectivity index (χ1) is 13.6. The molecule has 0 unspecified atom stereocenters. The van der Waals surface area contributed by atoms with E-state index < -0.39 is 0 Å². The van der Waals surface area contributed by atoms with Gasteiger partial charge in [0.25, 0.3) is 5.56 Å². The maximum atomic E-state index is 12.9. The maximum Gasteiger partial charge on any atom is 0.256 e. The zero-order valence-corrected chi connectivity index (χ0v) is 16.1. The number of aromatic amines is 1. The van der Waals surface area contributed by atoms with Crippen molar-refractivity contribution in [2.75, 3.05) is 26.7 Å². The van der Waals surface area contributed by atoms with E-state index in [1.807, 2.05) is 35.2 Å². The molecule has 1 N–H and O–H groups in total. The second-order valence-electron chi connectivity index (χ2n) is 7.55. The molecule has 2 heterocycles. The van der Waals surface area contributed by atoms with Crippen LogP contribution in [-0.4, -0.2) is 53.4 Å². The van der Waals surface area contributed by atoms with E-state index in [4.69, 9.17) is 0 Å². The molecule has 5 nitrogen and oxygen atoms in total. The Morgan fingerprint density at radius 3 is 2.64 bits per heavy atom. The number of hydrogen-bond acceptors (Lipinski definition) is 3. The monoisotopic (exact) mass is 375 g/mol. The van der Waals surface area contributed by atoms with E-state index in [1.54, 1.807) is 6.07 Å². The molecule has 144 valence electrons. The first kappa shape index (κ1) is 18.4. The number of aromatic nitrogens is 1. The van der Waals surface area contributed by atoms with Gasteiger partial charge in [0.1, 0.15) is 0 Å². The lowest BCUT2D eigenvalue weighted by molar-refractivity contribution is -0.133. The number of H-pyrrole nitrogens is 1. The number of rotatable bonds is 4. The summed E-state index contributed by atoms with van der Waals surface area (Å²) < 4.78 is 0. The van der Waals surface area contributed by atoms with Crippen LogP contribution in [0.25, 0.3) is 10.8 Å². The number of nitrogens with one attached hydrogen (secondary N) is 1. The number of amides is 1. The molecule has 0 bridgehead atoms. The highest BCUT2D eigenvalue weighted by Crippen LogP contribution is 2.16. The molecule has 4 rings (SSSR count). The van der Waals surface area contributed by atoms with E-state index in [0.717, 1.165) is 24.9 Å². The molecule has 2 aromatic carbocycles. The fourth-order valence-corrected chi connectivity index (χ4v) is 3.92. The molecule has 0 radical (unpaired) electrons. The summed E-state index contributed by atoms with van der Waals surface area (Å²) in [6.07, 6.45) is 1.15. The van der Waals surface area contributed by atoms with Crippen molar-refractivity contribution in [3.8, 4) is 0 Å². The molecule has 1 fully saturated rings. The van der Waals surface area contributed by atoms with Gasteiger partial charge in [-0.2, -0.15) is 0 Å². The molecule has 0 aliphatic carbocycles. The number of fused-ring (bicyclic) bond motifs is 1. The highest BCUT2D eigenvalue weighted by atomic mass is 16.2. The highest BCUT2D eigenvalue weighted by Gasteiger charge is 2.27. The van der Waals surface area contributed by atoms with Crippen LogP contribution in [0.1, 0.15) is 11.3 Å². The normalized spacial score (nSPS) is 17.8. The molecule has 28 heavy (non-hydrogen) atoms. The Hall–Kier alpha value is -2.92. The van der Waals surface area contributed by atoms with Crippen molar-refractivity contribution in [3.05, 3.63) is 82.3 Å². The van der Waals surface area contributed by atoms with Crippen molar-refractivity contribution in [2.45, 2.75) is 18.9 Å². The number of likely N-dealkylation sites (N-methyl/N-ethyl adjacent to an activating group) is 1. The second-order valence-corrected chi connectivity index (χ2v) is 7.55. The van der Waals surface area contributed by atoms with Crippen molar-refractivity contribution < 1.29 is 4.79 Å². The number of nitrogens with zero attached hydrogens (tertiary/aromatic N) is 2. The van der Waals surface area contributed by atoms with Gasteiger partial charge in [0.2, 0.25) is 5.91 Å². The SMILES string of the molecule is CN1CCN(C(=O)Cc2cc3ccccc3c(=O)[nH]2)C[C@H]1Cc1ccccc1. The third kappa shape index (κ3) is 3.99. The third-order valence-electron chi connectivity index (χ3n) is 5.59. The van der Waals surface area contributed by atoms with E-state index in [2.05, 4.69) is 41.2 Å². The van der Waals surface area contributed by atoms with E-state index in [0.29, 0.717) is 23.7 Å². The molecule has 1 atom stereocenters. The number of benzene rings is 2. The van der Waals surface area contributed by atoms with Crippen molar-refractivity contribution in [2.24, 2.45) is 0 Å². The molecule has 0 spiro atoms. The Labute approximate surface area is 164 Å². The lowest BCUT2D eigenvalue weighted by Crippen LogP contribution is -2.54. The minimum atomic E-state index is -0.138. The Balaban J connectivity index is 1.46. The number of carbonyl (C=O) groups excluding carboxylic acids is 1. The van der Waals surface area contributed by atoms with Crippen molar-refractivity contribution in [1.29, 1.82) is 0 Å². The number of piperazine rings is 1. The standard InChI is InChI=1S/C23H25N3O2/c1-25-11-12-26(16-20(25)13-17-7-3-2-4-8-17)22(27)15-19-14-18-9-5-6-10-21(18)23(28)24-19/h2-10,14,20H,11-13,15-16H2,1H3,(H,24,28)/t20-/m1/s1. The highest BCUT2D eigenvalue weighted by molar-refractivity contribution is 5.84. The first-order valence-corrected chi connectivity index (χ1v) is 9.73. The van der Waals surface area contributed by atoms with Gasteiger partial charge in [0.05, 0.1) is 6.42 Å². The Morgan fingerprint density at radius 1 is 1.07 bits per heavy atom. The van der Waals surface area contributed by atoms with E-state index in [-0.39, 0.29) is 17.9 Å². The lowest BCUT2D eigenvalue weighted by atomic mass is 10.0. The van der Waals surface area contributed by atoms with Gasteiger partial charge in [0, 0.05) is 36.8 Å². The zero-order chi connectivity index (χ0) is 19.5. The topological polar surface area (TPSA) is 56.4 Å². The molecule has 3 aromatic rings. The first-order valence-electron chi connectivity index (χ1n) is 9.73. The van der Waals surface area contributed by atoms with Gasteiger partial charge in [-0.3, -0.25) is 14.5 Å². The molecular weight excluding hydrogens is 350 g/mol. The quantitative estimate of drug-likeness (QED) is 0.762. The van der Waals surface area contributed by atoms with Crippen LogP contribution in [0.15, 0.2) is 65.5 Å². The summed E-state index contributed by atoms with van der Waals surface area (Å²) in [6.45, 7) is 2.29. The fourth-order valence-electron chi connectivity index (χ4n) is 3.92. The second kappa shape index (κ2) is 7.98. The van der Waals surface area contributed by atoms with Crippen LogP contribution in [0.3, 0.4) is 0 Å². The van der Waals surface area contributed by atoms with Crippen LogP contribution >= 0.6 is 0 Å². The predicted octanol–water partition coefficient (Wildman–Crippen LogP) is 2.46. The van der Waals surface area contributed by atoms with Gasteiger partial charge in [-0.1, -0.05) is 48.5 Å². The summed E-state index contributed by atoms with van der Waals surface area (Å²) in [5, 5.41) is 1.52. The third-order valence-corrected chi connectivity index (χ3v) is 5.59. The largest absolute Gasteiger partial charge is 0.339 e. The Kier molecular flexibility index (Phi) is 5.26. The summed E-state index contributed by atoms with van der Waals surface area (Å²) in [4.78, 5) is 32.3. The van der Waals surface area contributed by atoms with Crippen LogP contribution < -0.4 is 5.56 Å². The summed E-state index contributed by atoms with van der Waals surface area (Å²) in [7, 11) is 2.12. The molecule has 5 heteroatoms. The molecule has 1 aromatic heterocycles. The molecule has 1 saturated heterocycles. The lowest BCUT2D eigenvalue weighted by Gasteiger charge is -2.39. The minimum Gasteiger partial charge on any atom is -0.339 e. The minimum absolute atomic E-state index is 0.0668. The summed E-state index contributed by atoms with van der Waals surface area (Å²) in [5.74, 6) is 0.0668. The fraction of sp³-hybridized carbons (Fsp3) is 0.304. The van der Waals surface area contributed by atoms with Crippen LogP contribution in [-0.2, 0) is 17.6 Å². The average molecular weight is 375 g/mol. The van der Waals surface area contributed by atoms with Gasteiger partial charge in [-0.15, -0.1) is 0 Å². The Bertz CT molecular complexity index is 1030. The van der Waals surface area contributed by atoms with E-state index >= 15 is 0 Å². The van der Waals surface area contributed by atoms with E-state index in [1.165, 1.54) is 5.56 Å². The van der Waals surface area contributed by atoms with Crippen LogP contribution in [0, 0.1) is 0 Å². The van der Waals surface area contributed by atoms with Crippen LogP contribution in [0.5, 0.6) is 0 Å².